The Bertz CT molecular complexity index is 1290. The lowest BCUT2D eigenvalue weighted by molar-refractivity contribution is 0.0889. The van der Waals surface area contributed by atoms with E-state index in [1.165, 1.54) is 19.2 Å². The second kappa shape index (κ2) is 11.1. The third kappa shape index (κ3) is 6.01. The molecular formula is C28H33F4N5O. The smallest absolute Gasteiger partial charge is 0.317 e. The van der Waals surface area contributed by atoms with E-state index in [1.54, 1.807) is 27.8 Å². The standard InChI is InChI=1S/C28H33F4N5O/c1-28(2,3)25(37(27(38)33-4)15-18-12-34-13-23(18)32)26-35-24(21-11-20(30)8-9-22(21)31)16-36(26)14-17-6-5-7-19(29)10-17/h5-11,16,18,23,25,34H,12-15H2,1-4H3,(H,33,38)/t18-,23-,25-/m0/s1. The molecule has 1 aliphatic heterocycles. The average Bonchev–Trinajstić information content (AvgIpc) is 3.44. The van der Waals surface area contributed by atoms with Gasteiger partial charge in [0.05, 0.1) is 11.7 Å². The topological polar surface area (TPSA) is 62.2 Å². The van der Waals surface area contributed by atoms with Crippen molar-refractivity contribution in [1.82, 2.24) is 25.1 Å². The van der Waals surface area contributed by atoms with Gasteiger partial charge in [0.25, 0.3) is 0 Å². The molecule has 6 nitrogen and oxygen atoms in total. The number of hydrogen-bond acceptors (Lipinski definition) is 3. The van der Waals surface area contributed by atoms with Crippen LogP contribution in [-0.4, -0.2) is 53.3 Å². The van der Waals surface area contributed by atoms with Gasteiger partial charge >= 0.3 is 6.03 Å². The normalized spacial score (nSPS) is 18.4. The molecule has 0 bridgehead atoms. The summed E-state index contributed by atoms with van der Waals surface area (Å²) in [4.78, 5) is 19.5. The van der Waals surface area contributed by atoms with Crippen LogP contribution < -0.4 is 10.6 Å². The highest BCUT2D eigenvalue weighted by atomic mass is 19.1. The fraction of sp³-hybridized carbons (Fsp3) is 0.429. The predicted octanol–water partition coefficient (Wildman–Crippen LogP) is 5.30. The minimum atomic E-state index is -1.12. The van der Waals surface area contributed by atoms with E-state index in [9.17, 15) is 22.4 Å². The van der Waals surface area contributed by atoms with Crippen LogP contribution in [0.1, 0.15) is 38.2 Å². The molecule has 1 aliphatic rings. The van der Waals surface area contributed by atoms with Crippen molar-refractivity contribution < 1.29 is 22.4 Å². The van der Waals surface area contributed by atoms with Crippen molar-refractivity contribution in [2.45, 2.75) is 39.5 Å². The molecule has 2 N–H and O–H groups in total. The maximum atomic E-state index is 14.8. The minimum absolute atomic E-state index is 0.0350. The zero-order chi connectivity index (χ0) is 27.6. The van der Waals surface area contributed by atoms with Gasteiger partial charge in [-0.05, 0) is 41.3 Å². The molecule has 3 aromatic rings. The Morgan fingerprint density at radius 3 is 2.53 bits per heavy atom. The molecule has 0 saturated carbocycles. The molecule has 2 aromatic carbocycles. The molecular weight excluding hydrogens is 498 g/mol. The number of rotatable bonds is 7. The van der Waals surface area contributed by atoms with Crippen LogP contribution in [-0.2, 0) is 6.54 Å². The number of carbonyl (C=O) groups excluding carboxylic acids is 1. The Kier molecular flexibility index (Phi) is 8.10. The number of hydrogen-bond donors (Lipinski definition) is 2. The van der Waals surface area contributed by atoms with Gasteiger partial charge in [-0.2, -0.15) is 0 Å². The van der Waals surface area contributed by atoms with E-state index in [4.69, 9.17) is 4.98 Å². The first-order valence-corrected chi connectivity index (χ1v) is 12.6. The van der Waals surface area contributed by atoms with Crippen LogP contribution in [0.25, 0.3) is 11.3 Å². The summed E-state index contributed by atoms with van der Waals surface area (Å²) < 4.78 is 59.2. The van der Waals surface area contributed by atoms with Gasteiger partial charge in [0, 0.05) is 50.9 Å². The number of nitrogens with zero attached hydrogens (tertiary/aromatic N) is 3. The number of halogens is 4. The maximum Gasteiger partial charge on any atom is 0.317 e. The van der Waals surface area contributed by atoms with Crippen LogP contribution in [0.5, 0.6) is 0 Å². The second-order valence-electron chi connectivity index (χ2n) is 10.8. The highest BCUT2D eigenvalue weighted by Gasteiger charge is 2.41. The molecule has 1 aromatic heterocycles. The molecule has 0 aliphatic carbocycles. The lowest BCUT2D eigenvalue weighted by atomic mass is 9.84. The summed E-state index contributed by atoms with van der Waals surface area (Å²) in [5.74, 6) is -1.72. The highest BCUT2D eigenvalue weighted by Crippen LogP contribution is 2.40. The van der Waals surface area contributed by atoms with E-state index in [0.29, 0.717) is 17.9 Å². The molecule has 1 fully saturated rings. The van der Waals surface area contributed by atoms with Gasteiger partial charge in [0.15, 0.2) is 0 Å². The molecule has 0 spiro atoms. The number of urea groups is 1. The minimum Gasteiger partial charge on any atom is -0.341 e. The Morgan fingerprint density at radius 2 is 1.89 bits per heavy atom. The van der Waals surface area contributed by atoms with Crippen molar-refractivity contribution >= 4 is 6.03 Å². The van der Waals surface area contributed by atoms with Crippen molar-refractivity contribution in [3.05, 3.63) is 77.5 Å². The summed E-state index contributed by atoms with van der Waals surface area (Å²) >= 11 is 0. The van der Waals surface area contributed by atoms with Crippen LogP contribution in [0.15, 0.2) is 48.7 Å². The van der Waals surface area contributed by atoms with Crippen molar-refractivity contribution in [3.8, 4) is 11.3 Å². The quantitative estimate of drug-likeness (QED) is 0.407. The van der Waals surface area contributed by atoms with Gasteiger partial charge in [0.1, 0.15) is 29.4 Å². The molecule has 2 heterocycles. The van der Waals surface area contributed by atoms with Gasteiger partial charge in [-0.1, -0.05) is 32.9 Å². The SMILES string of the molecule is CNC(=O)N(C[C@@H]1CNC[C@@H]1F)[C@@H](c1nc(-c2cc(F)ccc2F)cn1Cc1cccc(F)c1)C(C)(C)C. The molecule has 204 valence electrons. The van der Waals surface area contributed by atoms with E-state index in [0.717, 1.165) is 18.2 Å². The average molecular weight is 532 g/mol. The number of nitrogens with one attached hydrogen (secondary N) is 2. The van der Waals surface area contributed by atoms with Gasteiger partial charge in [0.2, 0.25) is 0 Å². The molecule has 3 atom stereocenters. The van der Waals surface area contributed by atoms with Gasteiger partial charge in [-0.25, -0.2) is 27.3 Å². The Hall–Kier alpha value is -3.40. The molecule has 10 heteroatoms. The molecule has 4 rings (SSSR count). The van der Waals surface area contributed by atoms with Crippen molar-refractivity contribution in [2.24, 2.45) is 11.3 Å². The lowest BCUT2D eigenvalue weighted by Crippen LogP contribution is -2.49. The summed E-state index contributed by atoms with van der Waals surface area (Å²) in [5.41, 5.74) is 0.156. The molecule has 2 amide bonds. The van der Waals surface area contributed by atoms with Gasteiger partial charge in [-0.15, -0.1) is 0 Å². The van der Waals surface area contributed by atoms with Crippen LogP contribution in [0.2, 0.25) is 0 Å². The van der Waals surface area contributed by atoms with Crippen LogP contribution in [0.3, 0.4) is 0 Å². The third-order valence-corrected chi connectivity index (χ3v) is 6.79. The summed E-state index contributed by atoms with van der Waals surface area (Å²) in [6.45, 7) is 6.70. The summed E-state index contributed by atoms with van der Waals surface area (Å²) in [5, 5.41) is 5.68. The van der Waals surface area contributed by atoms with E-state index >= 15 is 0 Å². The lowest BCUT2D eigenvalue weighted by Gasteiger charge is -2.41. The highest BCUT2D eigenvalue weighted by molar-refractivity contribution is 5.74. The van der Waals surface area contributed by atoms with Crippen LogP contribution in [0, 0.1) is 28.8 Å². The van der Waals surface area contributed by atoms with E-state index in [1.807, 2.05) is 20.8 Å². The second-order valence-corrected chi connectivity index (χ2v) is 10.8. The Morgan fingerprint density at radius 1 is 1.16 bits per heavy atom. The predicted molar refractivity (Wildman–Crippen MR) is 138 cm³/mol. The molecule has 1 saturated heterocycles. The third-order valence-electron chi connectivity index (χ3n) is 6.79. The number of alkyl halides is 1. The fourth-order valence-corrected chi connectivity index (χ4v) is 5.01. The van der Waals surface area contributed by atoms with E-state index in [2.05, 4.69) is 10.6 Å². The van der Waals surface area contributed by atoms with Crippen molar-refractivity contribution in [2.75, 3.05) is 26.7 Å². The monoisotopic (exact) mass is 531 g/mol. The first-order valence-electron chi connectivity index (χ1n) is 12.6. The number of aromatic nitrogens is 2. The van der Waals surface area contributed by atoms with E-state index < -0.39 is 47.0 Å². The summed E-state index contributed by atoms with van der Waals surface area (Å²) in [6, 6.07) is 8.07. The molecule has 38 heavy (non-hydrogen) atoms. The fourth-order valence-electron chi connectivity index (χ4n) is 5.01. The van der Waals surface area contributed by atoms with Crippen molar-refractivity contribution in [3.63, 3.8) is 0 Å². The van der Waals surface area contributed by atoms with Crippen LogP contribution >= 0.6 is 0 Å². The summed E-state index contributed by atoms with van der Waals surface area (Å²) in [7, 11) is 1.50. The first-order chi connectivity index (χ1) is 18.0. The zero-order valence-electron chi connectivity index (χ0n) is 21.9. The van der Waals surface area contributed by atoms with Gasteiger partial charge < -0.3 is 20.1 Å². The molecule has 0 unspecified atom stereocenters. The number of carbonyl (C=O) groups is 1. The van der Waals surface area contributed by atoms with Crippen LogP contribution in [0.4, 0.5) is 22.4 Å². The first kappa shape index (κ1) is 27.6. The Labute approximate surface area is 220 Å². The van der Waals surface area contributed by atoms with Gasteiger partial charge in [-0.3, -0.25) is 0 Å². The van der Waals surface area contributed by atoms with E-state index in [-0.39, 0.29) is 30.9 Å². The number of amides is 2. The maximum absolute atomic E-state index is 14.8. The molecule has 0 radical (unpaired) electrons. The van der Waals surface area contributed by atoms with Crippen molar-refractivity contribution in [1.29, 1.82) is 0 Å². The number of benzene rings is 2. The number of imidazole rings is 1. The summed E-state index contributed by atoms with van der Waals surface area (Å²) in [6.07, 6.45) is 0.459. The Balaban J connectivity index is 1.87. The largest absolute Gasteiger partial charge is 0.341 e. The zero-order valence-corrected chi connectivity index (χ0v) is 21.9.